The third-order valence-electron chi connectivity index (χ3n) is 3.00. The van der Waals surface area contributed by atoms with Crippen molar-refractivity contribution in [2.45, 2.75) is 6.10 Å². The van der Waals surface area contributed by atoms with Crippen LogP contribution in [-0.2, 0) is 0 Å². The molecule has 2 aromatic rings. The van der Waals surface area contributed by atoms with E-state index in [-0.39, 0.29) is 6.10 Å². The van der Waals surface area contributed by atoms with Gasteiger partial charge in [-0.2, -0.15) is 0 Å². The molecule has 1 aliphatic rings. The highest BCUT2D eigenvalue weighted by molar-refractivity contribution is 6.42. The number of hydrogen-bond donors (Lipinski definition) is 1. The Morgan fingerprint density at radius 2 is 1.84 bits per heavy atom. The minimum absolute atomic E-state index is 0.0940. The van der Waals surface area contributed by atoms with Crippen LogP contribution in [0.25, 0.3) is 0 Å². The molecule has 0 fully saturated rings. The Bertz CT molecular complexity index is 630. The first-order valence-electron chi connectivity index (χ1n) is 5.78. The lowest BCUT2D eigenvalue weighted by Gasteiger charge is -2.28. The molecule has 1 unspecified atom stereocenters. The minimum Gasteiger partial charge on any atom is -0.482 e. The van der Waals surface area contributed by atoms with E-state index in [0.29, 0.717) is 21.6 Å². The van der Waals surface area contributed by atoms with Crippen molar-refractivity contribution < 1.29 is 4.74 Å². The fourth-order valence-corrected chi connectivity index (χ4v) is 2.52. The van der Waals surface area contributed by atoms with Gasteiger partial charge in [0.15, 0.2) is 0 Å². The van der Waals surface area contributed by atoms with Crippen LogP contribution in [0.2, 0.25) is 15.1 Å². The number of hydrogen-bond acceptors (Lipinski definition) is 2. The van der Waals surface area contributed by atoms with Gasteiger partial charge in [0.25, 0.3) is 0 Å². The van der Waals surface area contributed by atoms with Crippen molar-refractivity contribution in [2.24, 2.45) is 0 Å². The van der Waals surface area contributed by atoms with Crippen LogP contribution in [0.3, 0.4) is 0 Å². The Balaban J connectivity index is 1.89. The van der Waals surface area contributed by atoms with Crippen LogP contribution in [0.15, 0.2) is 36.4 Å². The van der Waals surface area contributed by atoms with Gasteiger partial charge in [0.2, 0.25) is 0 Å². The van der Waals surface area contributed by atoms with Gasteiger partial charge in [0.05, 0.1) is 22.3 Å². The zero-order valence-corrected chi connectivity index (χ0v) is 12.1. The Morgan fingerprint density at radius 1 is 1.00 bits per heavy atom. The number of anilines is 1. The molecule has 1 atom stereocenters. The Labute approximate surface area is 126 Å². The maximum absolute atomic E-state index is 6.03. The molecule has 0 saturated heterocycles. The fraction of sp³-hybridized carbons (Fsp3) is 0.143. The third kappa shape index (κ3) is 2.62. The van der Waals surface area contributed by atoms with Crippen LogP contribution in [0.4, 0.5) is 5.69 Å². The van der Waals surface area contributed by atoms with Gasteiger partial charge in [0, 0.05) is 5.02 Å². The average molecular weight is 315 g/mol. The zero-order valence-electron chi connectivity index (χ0n) is 9.79. The summed E-state index contributed by atoms with van der Waals surface area (Å²) in [5, 5.41) is 5.06. The Kier molecular flexibility index (Phi) is 3.48. The van der Waals surface area contributed by atoms with Gasteiger partial charge >= 0.3 is 0 Å². The molecule has 1 N–H and O–H groups in total. The topological polar surface area (TPSA) is 21.3 Å². The second kappa shape index (κ2) is 5.12. The number of halogens is 3. The second-order valence-corrected chi connectivity index (χ2v) is 5.55. The van der Waals surface area contributed by atoms with E-state index >= 15 is 0 Å². The SMILES string of the molecule is Clc1ccc2c(c1)NCC(c1ccc(Cl)c(Cl)c1)O2. The van der Waals surface area contributed by atoms with Gasteiger partial charge in [-0.05, 0) is 35.9 Å². The van der Waals surface area contributed by atoms with Gasteiger partial charge in [-0.1, -0.05) is 40.9 Å². The lowest BCUT2D eigenvalue weighted by molar-refractivity contribution is 0.210. The average Bonchev–Trinajstić information content (AvgIpc) is 2.41. The molecule has 2 nitrogen and oxygen atoms in total. The van der Waals surface area contributed by atoms with E-state index in [9.17, 15) is 0 Å². The quantitative estimate of drug-likeness (QED) is 0.782. The highest BCUT2D eigenvalue weighted by Gasteiger charge is 2.21. The summed E-state index contributed by atoms with van der Waals surface area (Å²) in [6.45, 7) is 0.658. The number of nitrogens with one attached hydrogen (secondary N) is 1. The number of benzene rings is 2. The highest BCUT2D eigenvalue weighted by Crippen LogP contribution is 2.37. The maximum Gasteiger partial charge on any atom is 0.143 e. The molecular formula is C14H10Cl3NO. The lowest BCUT2D eigenvalue weighted by Crippen LogP contribution is -2.23. The van der Waals surface area contributed by atoms with E-state index in [1.165, 1.54) is 0 Å². The predicted molar refractivity (Wildman–Crippen MR) is 79.8 cm³/mol. The molecule has 0 saturated carbocycles. The van der Waals surface area contributed by atoms with Gasteiger partial charge in [0.1, 0.15) is 11.9 Å². The van der Waals surface area contributed by atoms with Crippen molar-refractivity contribution in [1.82, 2.24) is 0 Å². The smallest absolute Gasteiger partial charge is 0.143 e. The Morgan fingerprint density at radius 3 is 2.63 bits per heavy atom. The molecule has 0 aliphatic carbocycles. The first-order valence-corrected chi connectivity index (χ1v) is 6.92. The molecule has 2 aromatic carbocycles. The van der Waals surface area contributed by atoms with Crippen LogP contribution < -0.4 is 10.1 Å². The second-order valence-electron chi connectivity index (χ2n) is 4.30. The van der Waals surface area contributed by atoms with Crippen LogP contribution in [-0.4, -0.2) is 6.54 Å². The van der Waals surface area contributed by atoms with Gasteiger partial charge in [-0.3, -0.25) is 0 Å². The van der Waals surface area contributed by atoms with Crippen molar-refractivity contribution in [3.8, 4) is 5.75 Å². The van der Waals surface area contributed by atoms with Gasteiger partial charge in [-0.25, -0.2) is 0 Å². The summed E-state index contributed by atoms with van der Waals surface area (Å²) >= 11 is 17.9. The monoisotopic (exact) mass is 313 g/mol. The molecule has 0 bridgehead atoms. The molecule has 3 rings (SSSR count). The van der Waals surface area contributed by atoms with Crippen molar-refractivity contribution in [3.05, 3.63) is 57.0 Å². The summed E-state index contributed by atoms with van der Waals surface area (Å²) in [7, 11) is 0. The van der Waals surface area contributed by atoms with E-state index in [4.69, 9.17) is 39.5 Å². The van der Waals surface area contributed by atoms with E-state index in [1.54, 1.807) is 12.1 Å². The van der Waals surface area contributed by atoms with Crippen LogP contribution in [0.1, 0.15) is 11.7 Å². The third-order valence-corrected chi connectivity index (χ3v) is 3.98. The molecule has 1 aliphatic heterocycles. The minimum atomic E-state index is -0.0940. The molecule has 19 heavy (non-hydrogen) atoms. The summed E-state index contributed by atoms with van der Waals surface area (Å²) in [5.74, 6) is 0.784. The molecule has 5 heteroatoms. The van der Waals surface area contributed by atoms with Crippen LogP contribution in [0.5, 0.6) is 5.75 Å². The van der Waals surface area contributed by atoms with Gasteiger partial charge < -0.3 is 10.1 Å². The van der Waals surface area contributed by atoms with Crippen molar-refractivity contribution in [3.63, 3.8) is 0 Å². The molecule has 1 heterocycles. The summed E-state index contributed by atoms with van der Waals surface area (Å²) in [4.78, 5) is 0. The molecule has 0 spiro atoms. The standard InChI is InChI=1S/C14H10Cl3NO/c15-9-2-4-13-12(6-9)18-7-14(19-13)8-1-3-10(16)11(17)5-8/h1-6,14,18H,7H2. The molecule has 98 valence electrons. The van der Waals surface area contributed by atoms with E-state index < -0.39 is 0 Å². The Hall–Kier alpha value is -1.09. The van der Waals surface area contributed by atoms with Crippen molar-refractivity contribution in [2.75, 3.05) is 11.9 Å². The summed E-state index contributed by atoms with van der Waals surface area (Å²) in [5.41, 5.74) is 1.89. The van der Waals surface area contributed by atoms with E-state index in [1.807, 2.05) is 24.3 Å². The predicted octanol–water partition coefficient (Wildman–Crippen LogP) is 5.19. The van der Waals surface area contributed by atoms with Crippen LogP contribution >= 0.6 is 34.8 Å². The van der Waals surface area contributed by atoms with Crippen molar-refractivity contribution >= 4 is 40.5 Å². The molecule has 0 aromatic heterocycles. The van der Waals surface area contributed by atoms with E-state index in [0.717, 1.165) is 17.0 Å². The fourth-order valence-electron chi connectivity index (χ4n) is 2.04. The van der Waals surface area contributed by atoms with Gasteiger partial charge in [-0.15, -0.1) is 0 Å². The largest absolute Gasteiger partial charge is 0.482 e. The molecular weight excluding hydrogens is 305 g/mol. The summed E-state index contributed by atoms with van der Waals surface area (Å²) < 4.78 is 5.94. The zero-order chi connectivity index (χ0) is 13.4. The lowest BCUT2D eigenvalue weighted by atomic mass is 10.1. The van der Waals surface area contributed by atoms with Crippen LogP contribution in [0, 0.1) is 0 Å². The van der Waals surface area contributed by atoms with Crippen molar-refractivity contribution in [1.29, 1.82) is 0 Å². The normalized spacial score (nSPS) is 17.3. The first kappa shape index (κ1) is 12.9. The number of fused-ring (bicyclic) bond motifs is 1. The molecule has 0 amide bonds. The number of ether oxygens (including phenoxy) is 1. The first-order chi connectivity index (χ1) is 9.13. The summed E-state index contributed by atoms with van der Waals surface area (Å²) in [6, 6.07) is 11.0. The maximum atomic E-state index is 6.03. The highest BCUT2D eigenvalue weighted by atomic mass is 35.5. The molecule has 0 radical (unpaired) electrons. The number of rotatable bonds is 1. The van der Waals surface area contributed by atoms with E-state index in [2.05, 4.69) is 5.32 Å². The summed E-state index contributed by atoms with van der Waals surface area (Å²) in [6.07, 6.45) is -0.0940.